The first-order chi connectivity index (χ1) is 13.0. The highest BCUT2D eigenvalue weighted by atomic mass is 32.2. The number of sulfonamides is 1. The summed E-state index contributed by atoms with van der Waals surface area (Å²) in [5, 5.41) is 1.78. The third-order valence-corrected chi connectivity index (χ3v) is 6.79. The molecule has 0 N–H and O–H groups in total. The Hall–Kier alpha value is -2.52. The van der Waals surface area contributed by atoms with Gasteiger partial charge in [-0.3, -0.25) is 4.79 Å². The Morgan fingerprint density at radius 3 is 2.81 bits per heavy atom. The predicted molar refractivity (Wildman–Crippen MR) is 99.5 cm³/mol. The molecule has 0 bridgehead atoms. The number of hydrogen-bond donors (Lipinski definition) is 0. The first kappa shape index (κ1) is 17.9. The highest BCUT2D eigenvalue weighted by Crippen LogP contribution is 2.31. The van der Waals surface area contributed by atoms with Crippen molar-refractivity contribution in [3.63, 3.8) is 0 Å². The van der Waals surface area contributed by atoms with Crippen molar-refractivity contribution in [3.05, 3.63) is 52.2 Å². The van der Waals surface area contributed by atoms with Gasteiger partial charge in [-0.25, -0.2) is 4.79 Å². The summed E-state index contributed by atoms with van der Waals surface area (Å²) in [7, 11) is -3.76. The molecule has 9 heteroatoms. The molecule has 0 saturated carbocycles. The van der Waals surface area contributed by atoms with E-state index in [4.69, 9.17) is 4.74 Å². The predicted octanol–water partition coefficient (Wildman–Crippen LogP) is 2.09. The van der Waals surface area contributed by atoms with E-state index in [1.165, 1.54) is 17.4 Å². The Balaban J connectivity index is 1.51. The van der Waals surface area contributed by atoms with Crippen molar-refractivity contribution in [3.8, 4) is 0 Å². The van der Waals surface area contributed by atoms with Crippen LogP contribution in [0.2, 0.25) is 0 Å². The van der Waals surface area contributed by atoms with E-state index in [-0.39, 0.29) is 23.1 Å². The molecular formula is C18H16N2O5S2. The fourth-order valence-corrected chi connectivity index (χ4v) is 5.17. The Bertz CT molecular complexity index is 1030. The number of rotatable bonds is 4. The number of nitrogens with zero attached hydrogens (tertiary/aromatic N) is 2. The van der Waals surface area contributed by atoms with E-state index in [1.807, 2.05) is 0 Å². The van der Waals surface area contributed by atoms with Gasteiger partial charge in [0, 0.05) is 12.1 Å². The van der Waals surface area contributed by atoms with Crippen LogP contribution in [0.15, 0.2) is 51.1 Å². The summed E-state index contributed by atoms with van der Waals surface area (Å²) >= 11 is 1.29. The summed E-state index contributed by atoms with van der Waals surface area (Å²) in [6.45, 7) is 0.173. The number of carbonyl (C=O) groups excluding carboxylic acids is 2. The summed E-state index contributed by atoms with van der Waals surface area (Å²) in [4.78, 5) is 26.9. The second-order valence-corrected chi connectivity index (χ2v) is 8.77. The maximum absolute atomic E-state index is 12.5. The first-order valence-corrected chi connectivity index (χ1v) is 10.7. The van der Waals surface area contributed by atoms with Gasteiger partial charge in [-0.05, 0) is 36.4 Å². The summed E-state index contributed by atoms with van der Waals surface area (Å²) in [5.41, 5.74) is 0.492. The number of carbonyl (C=O) groups is 2. The van der Waals surface area contributed by atoms with Gasteiger partial charge < -0.3 is 9.64 Å². The van der Waals surface area contributed by atoms with Crippen LogP contribution in [-0.4, -0.2) is 50.1 Å². The Morgan fingerprint density at radius 2 is 2.04 bits per heavy atom. The molecule has 2 aromatic rings. The minimum Gasteiger partial charge on any atom is -0.456 e. The van der Waals surface area contributed by atoms with Crippen LogP contribution in [0.4, 0.5) is 0 Å². The zero-order valence-corrected chi connectivity index (χ0v) is 15.8. The van der Waals surface area contributed by atoms with Crippen LogP contribution in [0.1, 0.15) is 28.1 Å². The van der Waals surface area contributed by atoms with Crippen molar-refractivity contribution in [2.45, 2.75) is 23.8 Å². The van der Waals surface area contributed by atoms with E-state index < -0.39 is 22.0 Å². The van der Waals surface area contributed by atoms with Gasteiger partial charge in [0.2, 0.25) is 5.78 Å². The molecule has 7 nitrogen and oxygen atoms in total. The van der Waals surface area contributed by atoms with Gasteiger partial charge in [0.05, 0.1) is 4.88 Å². The Kier molecular flexibility index (Phi) is 4.56. The van der Waals surface area contributed by atoms with Crippen molar-refractivity contribution < 1.29 is 22.7 Å². The number of ketones is 1. The third kappa shape index (κ3) is 3.28. The summed E-state index contributed by atoms with van der Waals surface area (Å²) in [6, 6.07) is 9.34. The number of esters is 1. The van der Waals surface area contributed by atoms with E-state index in [1.54, 1.807) is 40.6 Å². The maximum atomic E-state index is 12.5. The van der Waals surface area contributed by atoms with Crippen molar-refractivity contribution in [1.82, 2.24) is 4.90 Å². The van der Waals surface area contributed by atoms with E-state index in [0.29, 0.717) is 29.8 Å². The fraction of sp³-hybridized carbons (Fsp3) is 0.278. The molecule has 0 radical (unpaired) electrons. The molecule has 140 valence electrons. The van der Waals surface area contributed by atoms with Gasteiger partial charge in [-0.2, -0.15) is 8.42 Å². The Labute approximate surface area is 160 Å². The molecule has 0 amide bonds. The van der Waals surface area contributed by atoms with Gasteiger partial charge >= 0.3 is 5.97 Å². The SMILES string of the molecule is O=C(COC(=O)[C@@H]1CCCN1C1=NS(=O)(=O)c2ccccc21)c1cccs1. The molecule has 4 rings (SSSR count). The average Bonchev–Trinajstić information content (AvgIpc) is 3.39. The van der Waals surface area contributed by atoms with E-state index in [2.05, 4.69) is 4.40 Å². The lowest BCUT2D eigenvalue weighted by Gasteiger charge is -2.24. The largest absolute Gasteiger partial charge is 0.456 e. The molecule has 1 fully saturated rings. The van der Waals surface area contributed by atoms with Crippen LogP contribution < -0.4 is 0 Å². The molecule has 3 heterocycles. The summed E-state index contributed by atoms with van der Waals surface area (Å²) in [6.07, 6.45) is 1.23. The standard InChI is InChI=1S/C18H16N2O5S2/c21-14(15-7-4-10-26-15)11-25-18(22)13-6-3-9-20(13)17-12-5-1-2-8-16(12)27(23,24)19-17/h1-2,4-5,7-8,10,13H,3,6,9,11H2/t13-/m0/s1. The van der Waals surface area contributed by atoms with Gasteiger partial charge in [0.15, 0.2) is 12.4 Å². The van der Waals surface area contributed by atoms with Crippen LogP contribution in [0.25, 0.3) is 0 Å². The molecule has 0 spiro atoms. The number of hydrogen-bond acceptors (Lipinski definition) is 7. The zero-order chi connectivity index (χ0) is 19.0. The highest BCUT2D eigenvalue weighted by molar-refractivity contribution is 7.90. The number of Topliss-reactive ketones (excluding diaryl/α,β-unsaturated/α-hetero) is 1. The molecule has 1 atom stereocenters. The van der Waals surface area contributed by atoms with Gasteiger partial charge in [-0.15, -0.1) is 15.7 Å². The van der Waals surface area contributed by atoms with Crippen molar-refractivity contribution >= 4 is 38.9 Å². The minimum absolute atomic E-state index is 0.145. The highest BCUT2D eigenvalue weighted by Gasteiger charge is 2.40. The smallest absolute Gasteiger partial charge is 0.329 e. The number of thiophene rings is 1. The molecule has 0 aliphatic carbocycles. The van der Waals surface area contributed by atoms with Crippen molar-refractivity contribution in [2.75, 3.05) is 13.2 Å². The molecule has 1 aromatic carbocycles. The number of amidine groups is 1. The quantitative estimate of drug-likeness (QED) is 0.572. The number of benzene rings is 1. The van der Waals surface area contributed by atoms with Gasteiger partial charge in [0.1, 0.15) is 10.9 Å². The summed E-state index contributed by atoms with van der Waals surface area (Å²) in [5.74, 6) is -0.523. The van der Waals surface area contributed by atoms with Crippen LogP contribution in [0.5, 0.6) is 0 Å². The van der Waals surface area contributed by atoms with E-state index in [9.17, 15) is 18.0 Å². The molecule has 1 saturated heterocycles. The van der Waals surface area contributed by atoms with Crippen molar-refractivity contribution in [2.24, 2.45) is 4.40 Å². The molecule has 27 heavy (non-hydrogen) atoms. The number of fused-ring (bicyclic) bond motifs is 1. The minimum atomic E-state index is -3.76. The molecular weight excluding hydrogens is 388 g/mol. The molecule has 1 aromatic heterocycles. The topological polar surface area (TPSA) is 93.1 Å². The number of ether oxygens (including phenoxy) is 1. The van der Waals surface area contributed by atoms with Gasteiger partial charge in [0.25, 0.3) is 10.0 Å². The van der Waals surface area contributed by atoms with Gasteiger partial charge in [-0.1, -0.05) is 18.2 Å². The Morgan fingerprint density at radius 1 is 1.22 bits per heavy atom. The molecule has 2 aliphatic rings. The van der Waals surface area contributed by atoms with Crippen molar-refractivity contribution in [1.29, 1.82) is 0 Å². The average molecular weight is 404 g/mol. The monoisotopic (exact) mass is 404 g/mol. The fourth-order valence-electron chi connectivity index (χ4n) is 3.30. The lowest BCUT2D eigenvalue weighted by molar-refractivity contribution is -0.146. The second-order valence-electron chi connectivity index (χ2n) is 6.25. The van der Waals surface area contributed by atoms with Crippen LogP contribution in [0, 0.1) is 0 Å². The third-order valence-electron chi connectivity index (χ3n) is 4.55. The second kappa shape index (κ2) is 6.90. The van der Waals surface area contributed by atoms with Crippen LogP contribution in [-0.2, 0) is 19.6 Å². The van der Waals surface area contributed by atoms with Crippen LogP contribution >= 0.6 is 11.3 Å². The number of likely N-dealkylation sites (tertiary alicyclic amines) is 1. The molecule has 0 unspecified atom stereocenters. The normalized spacial score (nSPS) is 20.2. The lowest BCUT2D eigenvalue weighted by Crippen LogP contribution is -2.41. The van der Waals surface area contributed by atoms with E-state index in [0.717, 1.165) is 0 Å². The van der Waals surface area contributed by atoms with E-state index >= 15 is 0 Å². The molecule has 2 aliphatic heterocycles. The van der Waals surface area contributed by atoms with Crippen LogP contribution in [0.3, 0.4) is 0 Å². The zero-order valence-electron chi connectivity index (χ0n) is 14.2. The lowest BCUT2D eigenvalue weighted by atomic mass is 10.1. The maximum Gasteiger partial charge on any atom is 0.329 e. The first-order valence-electron chi connectivity index (χ1n) is 8.42. The summed E-state index contributed by atoms with van der Waals surface area (Å²) < 4.78 is 33.6.